The van der Waals surface area contributed by atoms with Crippen LogP contribution in [0, 0.1) is 5.82 Å². The van der Waals surface area contributed by atoms with Crippen LogP contribution < -0.4 is 11.1 Å². The zero-order chi connectivity index (χ0) is 20.5. The van der Waals surface area contributed by atoms with Gasteiger partial charge >= 0.3 is 0 Å². The number of benzene rings is 2. The van der Waals surface area contributed by atoms with E-state index in [-0.39, 0.29) is 27.0 Å². The van der Waals surface area contributed by atoms with Gasteiger partial charge in [-0.25, -0.2) is 12.8 Å². The Morgan fingerprint density at radius 1 is 1.07 bits per heavy atom. The normalized spacial score (nSPS) is 15.4. The smallest absolute Gasteiger partial charge is 0.255 e. The Kier molecular flexibility index (Phi) is 6.14. The topological polar surface area (TPSA) is 92.5 Å². The van der Waals surface area contributed by atoms with E-state index in [0.29, 0.717) is 13.1 Å². The second-order valence-corrected chi connectivity index (χ2v) is 9.14. The van der Waals surface area contributed by atoms with Crippen LogP contribution in [0.3, 0.4) is 0 Å². The minimum Gasteiger partial charge on any atom is -0.396 e. The van der Waals surface area contributed by atoms with E-state index in [9.17, 15) is 17.6 Å². The van der Waals surface area contributed by atoms with Gasteiger partial charge in [-0.3, -0.25) is 4.79 Å². The molecule has 1 heterocycles. The van der Waals surface area contributed by atoms with Gasteiger partial charge in [-0.1, -0.05) is 29.6 Å². The van der Waals surface area contributed by atoms with E-state index >= 15 is 0 Å². The van der Waals surface area contributed by atoms with E-state index in [1.807, 2.05) is 0 Å². The summed E-state index contributed by atoms with van der Waals surface area (Å²) in [5.41, 5.74) is 6.10. The van der Waals surface area contributed by atoms with Crippen LogP contribution in [-0.4, -0.2) is 31.7 Å². The molecular weight excluding hydrogens is 428 g/mol. The first-order valence-electron chi connectivity index (χ1n) is 8.55. The number of anilines is 2. The van der Waals surface area contributed by atoms with Crippen LogP contribution in [0.15, 0.2) is 35.2 Å². The van der Waals surface area contributed by atoms with E-state index in [0.717, 1.165) is 31.4 Å². The molecule has 0 aromatic heterocycles. The Labute approximate surface area is 172 Å². The summed E-state index contributed by atoms with van der Waals surface area (Å²) >= 11 is 11.9. The molecule has 10 heteroatoms. The van der Waals surface area contributed by atoms with E-state index in [1.54, 1.807) is 0 Å². The first kappa shape index (κ1) is 20.9. The summed E-state index contributed by atoms with van der Waals surface area (Å²) in [4.78, 5) is 12.0. The molecule has 150 valence electrons. The van der Waals surface area contributed by atoms with Crippen LogP contribution in [0.4, 0.5) is 15.8 Å². The Balaban J connectivity index is 1.89. The predicted octanol–water partition coefficient (Wildman–Crippen LogP) is 4.14. The van der Waals surface area contributed by atoms with E-state index < -0.39 is 26.6 Å². The van der Waals surface area contributed by atoms with E-state index in [2.05, 4.69) is 5.32 Å². The lowest BCUT2D eigenvalue weighted by molar-refractivity contribution is 0.102. The molecule has 1 saturated heterocycles. The number of carbonyl (C=O) groups is 1. The Morgan fingerprint density at radius 2 is 1.68 bits per heavy atom. The fourth-order valence-electron chi connectivity index (χ4n) is 2.95. The number of nitrogens with one attached hydrogen (secondary N) is 1. The SMILES string of the molecule is Nc1c(Cl)cc(NC(=O)c2ccc(F)c(S(=O)(=O)N3CCCCC3)c2)cc1Cl. The van der Waals surface area contributed by atoms with Crippen molar-refractivity contribution in [1.29, 1.82) is 0 Å². The van der Waals surface area contributed by atoms with Crippen LogP contribution in [-0.2, 0) is 10.0 Å². The zero-order valence-electron chi connectivity index (χ0n) is 14.7. The number of rotatable bonds is 4. The maximum atomic E-state index is 14.3. The van der Waals surface area contributed by atoms with Crippen molar-refractivity contribution >= 4 is 50.5 Å². The highest BCUT2D eigenvalue weighted by atomic mass is 35.5. The van der Waals surface area contributed by atoms with Crippen LogP contribution in [0.25, 0.3) is 0 Å². The third-order valence-electron chi connectivity index (χ3n) is 4.46. The fourth-order valence-corrected chi connectivity index (χ4v) is 5.04. The monoisotopic (exact) mass is 445 g/mol. The molecule has 0 aliphatic carbocycles. The molecule has 0 spiro atoms. The number of carbonyl (C=O) groups excluding carboxylic acids is 1. The number of hydrogen-bond donors (Lipinski definition) is 2. The van der Waals surface area contributed by atoms with Gasteiger partial charge in [0.1, 0.15) is 10.7 Å². The van der Waals surface area contributed by atoms with Gasteiger partial charge in [-0.2, -0.15) is 4.31 Å². The van der Waals surface area contributed by atoms with Crippen molar-refractivity contribution < 1.29 is 17.6 Å². The lowest BCUT2D eigenvalue weighted by atomic mass is 10.2. The number of sulfonamides is 1. The van der Waals surface area contributed by atoms with Crippen LogP contribution in [0.2, 0.25) is 10.0 Å². The van der Waals surface area contributed by atoms with Crippen molar-refractivity contribution in [3.05, 3.63) is 51.8 Å². The molecule has 2 aromatic rings. The van der Waals surface area contributed by atoms with Gasteiger partial charge in [0.15, 0.2) is 0 Å². The maximum Gasteiger partial charge on any atom is 0.255 e. The quantitative estimate of drug-likeness (QED) is 0.691. The summed E-state index contributed by atoms with van der Waals surface area (Å²) in [5, 5.41) is 2.88. The van der Waals surface area contributed by atoms with Crippen LogP contribution in [0.5, 0.6) is 0 Å². The van der Waals surface area contributed by atoms with Crippen LogP contribution in [0.1, 0.15) is 29.6 Å². The number of hydrogen-bond acceptors (Lipinski definition) is 4. The van der Waals surface area contributed by atoms with E-state index in [4.69, 9.17) is 28.9 Å². The minimum atomic E-state index is -4.02. The van der Waals surface area contributed by atoms with Crippen molar-refractivity contribution in [2.45, 2.75) is 24.2 Å². The molecule has 0 atom stereocenters. The largest absolute Gasteiger partial charge is 0.396 e. The number of nitrogen functional groups attached to an aromatic ring is 1. The highest BCUT2D eigenvalue weighted by Gasteiger charge is 2.29. The molecule has 0 saturated carbocycles. The zero-order valence-corrected chi connectivity index (χ0v) is 17.0. The second-order valence-electron chi connectivity index (χ2n) is 6.42. The van der Waals surface area contributed by atoms with Gasteiger partial charge in [0.2, 0.25) is 10.0 Å². The summed E-state index contributed by atoms with van der Waals surface area (Å²) in [6, 6.07) is 6.04. The van der Waals surface area contributed by atoms with Gasteiger partial charge in [-0.05, 0) is 43.2 Å². The molecule has 1 amide bonds. The molecule has 0 radical (unpaired) electrons. The summed E-state index contributed by atoms with van der Waals surface area (Å²) in [6.45, 7) is 0.668. The van der Waals surface area contributed by atoms with Crippen molar-refractivity contribution in [3.63, 3.8) is 0 Å². The van der Waals surface area contributed by atoms with Crippen molar-refractivity contribution in [2.24, 2.45) is 0 Å². The molecular formula is C18H18Cl2FN3O3S. The molecule has 1 fully saturated rings. The summed E-state index contributed by atoms with van der Waals surface area (Å²) in [7, 11) is -4.02. The molecule has 1 aliphatic heterocycles. The minimum absolute atomic E-state index is 0.0129. The van der Waals surface area contributed by atoms with Gasteiger partial charge in [-0.15, -0.1) is 0 Å². The van der Waals surface area contributed by atoms with Gasteiger partial charge in [0, 0.05) is 24.3 Å². The predicted molar refractivity (Wildman–Crippen MR) is 108 cm³/mol. The average Bonchev–Trinajstić information content (AvgIpc) is 2.67. The Bertz CT molecular complexity index is 1000. The summed E-state index contributed by atoms with van der Waals surface area (Å²) in [6.07, 6.45) is 2.38. The van der Waals surface area contributed by atoms with Crippen molar-refractivity contribution in [2.75, 3.05) is 24.1 Å². The number of halogens is 3. The molecule has 1 aliphatic rings. The van der Waals surface area contributed by atoms with Crippen LogP contribution >= 0.6 is 23.2 Å². The lowest BCUT2D eigenvalue weighted by Crippen LogP contribution is -2.36. The third kappa shape index (κ3) is 4.25. The number of nitrogens with zero attached hydrogens (tertiary/aromatic N) is 1. The third-order valence-corrected chi connectivity index (χ3v) is 7.00. The second kappa shape index (κ2) is 8.24. The maximum absolute atomic E-state index is 14.3. The number of nitrogens with two attached hydrogens (primary N) is 1. The van der Waals surface area contributed by atoms with Crippen molar-refractivity contribution in [3.8, 4) is 0 Å². The molecule has 3 rings (SSSR count). The van der Waals surface area contributed by atoms with E-state index in [1.165, 1.54) is 22.5 Å². The molecule has 0 bridgehead atoms. The molecule has 6 nitrogen and oxygen atoms in total. The van der Waals surface area contributed by atoms with Gasteiger partial charge in [0.25, 0.3) is 5.91 Å². The molecule has 0 unspecified atom stereocenters. The molecule has 28 heavy (non-hydrogen) atoms. The average molecular weight is 446 g/mol. The van der Waals surface area contributed by atoms with Gasteiger partial charge < -0.3 is 11.1 Å². The first-order valence-corrected chi connectivity index (χ1v) is 10.8. The lowest BCUT2D eigenvalue weighted by Gasteiger charge is -2.26. The standard InChI is InChI=1S/C18H18Cl2FN3O3S/c19-13-9-12(10-14(20)17(13)22)23-18(25)11-4-5-15(21)16(8-11)28(26,27)24-6-2-1-3-7-24/h4-5,8-10H,1-3,6-7,22H2,(H,23,25). The Morgan fingerprint density at radius 3 is 2.29 bits per heavy atom. The fraction of sp³-hybridized carbons (Fsp3) is 0.278. The molecule has 2 aromatic carbocycles. The van der Waals surface area contributed by atoms with Crippen molar-refractivity contribution in [1.82, 2.24) is 4.31 Å². The highest BCUT2D eigenvalue weighted by molar-refractivity contribution is 7.89. The Hall–Kier alpha value is -1.87. The highest BCUT2D eigenvalue weighted by Crippen LogP contribution is 2.31. The summed E-state index contributed by atoms with van der Waals surface area (Å²) in [5.74, 6) is -1.53. The first-order chi connectivity index (χ1) is 13.2. The number of piperidine rings is 1. The summed E-state index contributed by atoms with van der Waals surface area (Å²) < 4.78 is 41.1. The molecule has 3 N–H and O–H groups in total. The number of amides is 1. The van der Waals surface area contributed by atoms with Gasteiger partial charge in [0.05, 0.1) is 15.7 Å².